The monoisotopic (exact) mass is 447 g/mol. The number of aliphatic hydroxyl groups excluding tert-OH is 1. The quantitative estimate of drug-likeness (QED) is 0.538. The van der Waals surface area contributed by atoms with E-state index in [4.69, 9.17) is 0 Å². The van der Waals surface area contributed by atoms with E-state index >= 15 is 0 Å². The third-order valence-corrected chi connectivity index (χ3v) is 5.80. The highest BCUT2D eigenvalue weighted by atomic mass is 19.3. The van der Waals surface area contributed by atoms with E-state index in [0.29, 0.717) is 54.0 Å². The Morgan fingerprint density at radius 1 is 1.16 bits per heavy atom. The highest BCUT2D eigenvalue weighted by Crippen LogP contribution is 2.35. The molecular formula is C22H24F3N5O2. The summed E-state index contributed by atoms with van der Waals surface area (Å²) in [6.45, 7) is 4.47. The molecule has 0 unspecified atom stereocenters. The second kappa shape index (κ2) is 8.78. The third-order valence-electron chi connectivity index (χ3n) is 5.80. The maximum absolute atomic E-state index is 14.6. The Morgan fingerprint density at radius 3 is 2.53 bits per heavy atom. The molecule has 1 aliphatic heterocycles. The number of anilines is 2. The van der Waals surface area contributed by atoms with E-state index in [1.54, 1.807) is 19.9 Å². The van der Waals surface area contributed by atoms with Gasteiger partial charge in [-0.15, -0.1) is 5.10 Å². The lowest BCUT2D eigenvalue weighted by atomic mass is 10.0. The third kappa shape index (κ3) is 4.14. The number of aromatic hydroxyl groups is 1. The van der Waals surface area contributed by atoms with Crippen molar-refractivity contribution >= 4 is 22.4 Å². The molecule has 0 aliphatic carbocycles. The van der Waals surface area contributed by atoms with Gasteiger partial charge >= 0.3 is 0 Å². The van der Waals surface area contributed by atoms with E-state index < -0.39 is 23.8 Å². The Morgan fingerprint density at radius 2 is 1.84 bits per heavy atom. The number of piperidine rings is 1. The summed E-state index contributed by atoms with van der Waals surface area (Å²) in [5.41, 5.74) is 0.848. The Hall–Kier alpha value is -3.14. The van der Waals surface area contributed by atoms with Crippen molar-refractivity contribution < 1.29 is 23.4 Å². The van der Waals surface area contributed by atoms with Crippen molar-refractivity contribution in [3.05, 3.63) is 46.9 Å². The van der Waals surface area contributed by atoms with Crippen LogP contribution in [0.15, 0.2) is 24.3 Å². The molecule has 0 bridgehead atoms. The first-order valence-electron chi connectivity index (χ1n) is 10.4. The molecule has 32 heavy (non-hydrogen) atoms. The lowest BCUT2D eigenvalue weighted by Gasteiger charge is -2.31. The normalized spacial score (nSPS) is 16.0. The molecule has 1 atom stereocenters. The highest BCUT2D eigenvalue weighted by Gasteiger charge is 2.24. The topological polar surface area (TPSA) is 94.4 Å². The van der Waals surface area contributed by atoms with Crippen LogP contribution in [0.4, 0.5) is 24.7 Å². The average Bonchev–Trinajstić information content (AvgIpc) is 2.76. The van der Waals surface area contributed by atoms with Gasteiger partial charge in [0.15, 0.2) is 5.82 Å². The summed E-state index contributed by atoms with van der Waals surface area (Å²) < 4.78 is 40.8. The van der Waals surface area contributed by atoms with Crippen molar-refractivity contribution in [2.45, 2.75) is 45.3 Å². The summed E-state index contributed by atoms with van der Waals surface area (Å²) >= 11 is 0. The van der Waals surface area contributed by atoms with Gasteiger partial charge in [-0.25, -0.2) is 18.2 Å². The zero-order valence-corrected chi connectivity index (χ0v) is 17.7. The zero-order valence-electron chi connectivity index (χ0n) is 17.7. The number of rotatable bonds is 5. The number of aliphatic hydroxyl groups is 1. The molecule has 3 N–H and O–H groups in total. The molecule has 1 aliphatic rings. The molecule has 170 valence electrons. The summed E-state index contributed by atoms with van der Waals surface area (Å²) in [4.78, 5) is 6.23. The van der Waals surface area contributed by atoms with E-state index in [-0.39, 0.29) is 17.5 Å². The first-order chi connectivity index (χ1) is 15.3. The van der Waals surface area contributed by atoms with E-state index in [0.717, 1.165) is 6.07 Å². The number of alkyl halides is 2. The molecular weight excluding hydrogens is 423 g/mol. The first-order valence-corrected chi connectivity index (χ1v) is 10.4. The molecule has 0 radical (unpaired) electrons. The minimum atomic E-state index is -2.92. The maximum Gasteiger partial charge on any atom is 0.266 e. The number of nitrogens with one attached hydrogen (secondary N) is 1. The molecule has 10 heteroatoms. The number of benzene rings is 1. The molecule has 0 saturated carbocycles. The van der Waals surface area contributed by atoms with Crippen LogP contribution in [-0.2, 0) is 0 Å². The van der Waals surface area contributed by atoms with E-state index in [2.05, 4.69) is 20.5 Å². The molecule has 1 saturated heterocycles. The van der Waals surface area contributed by atoms with Gasteiger partial charge in [-0.1, -0.05) is 18.2 Å². The molecule has 3 aromatic rings. The first kappa shape index (κ1) is 22.1. The average molecular weight is 447 g/mol. The predicted octanol–water partition coefficient (Wildman–Crippen LogP) is 4.25. The second-order valence-electron chi connectivity index (χ2n) is 8.00. The van der Waals surface area contributed by atoms with Crippen molar-refractivity contribution in [2.24, 2.45) is 0 Å². The number of aromatic nitrogens is 3. The van der Waals surface area contributed by atoms with Crippen LogP contribution in [0.3, 0.4) is 0 Å². The van der Waals surface area contributed by atoms with Crippen LogP contribution in [0.1, 0.15) is 49.1 Å². The standard InChI is InChI=1S/C22H24F3N5O2/c1-11(14-4-3-5-15(18(14)23)20(24)25)26-21-16-10-17(30-8-6-13(31)7-9-30)22(32)27-19(16)12(2)28-29-21/h3-5,10-11,13,20,31H,6-9H2,1-2H3,(H,26,29)(H,27,32)/t11-/m1/s1. The van der Waals surface area contributed by atoms with Gasteiger partial charge in [-0.05, 0) is 32.8 Å². The largest absolute Gasteiger partial charge is 0.492 e. The van der Waals surface area contributed by atoms with Crippen molar-refractivity contribution in [3.63, 3.8) is 0 Å². The van der Waals surface area contributed by atoms with Gasteiger partial charge < -0.3 is 20.4 Å². The fourth-order valence-electron chi connectivity index (χ4n) is 3.98. The lowest BCUT2D eigenvalue weighted by Crippen LogP contribution is -2.35. The fourth-order valence-corrected chi connectivity index (χ4v) is 3.98. The minimum absolute atomic E-state index is 0.0790. The zero-order chi connectivity index (χ0) is 23.0. The summed E-state index contributed by atoms with van der Waals surface area (Å²) in [6.07, 6.45) is -2.13. The van der Waals surface area contributed by atoms with Gasteiger partial charge in [0.2, 0.25) is 5.88 Å². The Balaban J connectivity index is 1.72. The summed E-state index contributed by atoms with van der Waals surface area (Å²) in [7, 11) is 0. The van der Waals surface area contributed by atoms with E-state index in [1.807, 2.05) is 4.90 Å². The van der Waals surface area contributed by atoms with Gasteiger partial charge in [-0.3, -0.25) is 0 Å². The smallest absolute Gasteiger partial charge is 0.266 e. The van der Waals surface area contributed by atoms with Crippen LogP contribution in [-0.4, -0.2) is 44.6 Å². The Kier molecular flexibility index (Phi) is 6.05. The van der Waals surface area contributed by atoms with Crippen LogP contribution < -0.4 is 10.2 Å². The maximum atomic E-state index is 14.6. The number of aryl methyl sites for hydroxylation is 1. The number of nitrogens with zero attached hydrogens (tertiary/aromatic N) is 4. The fraction of sp³-hybridized carbons (Fsp3) is 0.409. The van der Waals surface area contributed by atoms with Gasteiger partial charge in [0.25, 0.3) is 6.43 Å². The van der Waals surface area contributed by atoms with Crippen LogP contribution in [0.2, 0.25) is 0 Å². The van der Waals surface area contributed by atoms with Crippen LogP contribution in [0, 0.1) is 12.7 Å². The molecule has 1 aromatic carbocycles. The Labute approximate surface area is 182 Å². The number of hydrogen-bond acceptors (Lipinski definition) is 7. The lowest BCUT2D eigenvalue weighted by molar-refractivity contribution is 0.145. The number of pyridine rings is 1. The molecule has 3 heterocycles. The van der Waals surface area contributed by atoms with Gasteiger partial charge in [0, 0.05) is 24.0 Å². The van der Waals surface area contributed by atoms with E-state index in [9.17, 15) is 23.4 Å². The Bertz CT molecular complexity index is 1140. The van der Waals surface area contributed by atoms with Gasteiger partial charge in [0.1, 0.15) is 17.0 Å². The van der Waals surface area contributed by atoms with E-state index in [1.165, 1.54) is 12.1 Å². The van der Waals surface area contributed by atoms with Crippen molar-refractivity contribution in [1.82, 2.24) is 15.2 Å². The molecule has 0 amide bonds. The van der Waals surface area contributed by atoms with Crippen molar-refractivity contribution in [2.75, 3.05) is 23.3 Å². The summed E-state index contributed by atoms with van der Waals surface area (Å²) in [5, 5.41) is 32.1. The molecule has 0 spiro atoms. The molecule has 7 nitrogen and oxygen atoms in total. The van der Waals surface area contributed by atoms with Crippen LogP contribution in [0.5, 0.6) is 5.88 Å². The molecule has 4 rings (SSSR count). The minimum Gasteiger partial charge on any atom is -0.492 e. The number of hydrogen-bond donors (Lipinski definition) is 3. The van der Waals surface area contributed by atoms with Crippen LogP contribution >= 0.6 is 0 Å². The van der Waals surface area contributed by atoms with Gasteiger partial charge in [0.05, 0.1) is 23.4 Å². The van der Waals surface area contributed by atoms with Gasteiger partial charge in [-0.2, -0.15) is 5.10 Å². The van der Waals surface area contributed by atoms with Crippen molar-refractivity contribution in [3.8, 4) is 5.88 Å². The molecule has 1 fully saturated rings. The number of fused-ring (bicyclic) bond motifs is 1. The number of halogens is 3. The second-order valence-corrected chi connectivity index (χ2v) is 8.00. The SMILES string of the molecule is Cc1nnc(N[C@H](C)c2cccc(C(F)F)c2F)c2cc(N3CCC(O)CC3)c(O)nc12. The summed E-state index contributed by atoms with van der Waals surface area (Å²) in [5.74, 6) is -0.819. The predicted molar refractivity (Wildman–Crippen MR) is 115 cm³/mol. The highest BCUT2D eigenvalue weighted by molar-refractivity contribution is 5.93. The van der Waals surface area contributed by atoms with Crippen molar-refractivity contribution in [1.29, 1.82) is 0 Å². The van der Waals surface area contributed by atoms with Crippen LogP contribution in [0.25, 0.3) is 10.9 Å². The molecule has 2 aromatic heterocycles. The summed E-state index contributed by atoms with van der Waals surface area (Å²) in [6, 6.07) is 4.94.